The lowest BCUT2D eigenvalue weighted by Crippen LogP contribution is -2.59. The molecule has 0 heteroatoms. The third kappa shape index (κ3) is 2.56. The summed E-state index contributed by atoms with van der Waals surface area (Å²) >= 11 is 0. The molecule has 0 spiro atoms. The molecule has 2 bridgehead atoms. The average molecular weight is 327 g/mol. The van der Waals surface area contributed by atoms with Crippen molar-refractivity contribution < 1.29 is 0 Å². The third-order valence-corrected chi connectivity index (χ3v) is 8.27. The van der Waals surface area contributed by atoms with Gasteiger partial charge < -0.3 is 0 Å². The van der Waals surface area contributed by atoms with Crippen molar-refractivity contribution in [3.63, 3.8) is 0 Å². The molecule has 3 rings (SSSR count). The predicted octanol–water partition coefficient (Wildman–Crippen LogP) is 7.23. The number of hydrogen-bond donors (Lipinski definition) is 0. The van der Waals surface area contributed by atoms with Crippen molar-refractivity contribution >= 4 is 0 Å². The van der Waals surface area contributed by atoms with Gasteiger partial charge in [0.2, 0.25) is 0 Å². The van der Waals surface area contributed by atoms with Gasteiger partial charge in [0.05, 0.1) is 0 Å². The van der Waals surface area contributed by atoms with Crippen LogP contribution in [0.15, 0.2) is 30.3 Å². The molecule has 2 aliphatic rings. The summed E-state index contributed by atoms with van der Waals surface area (Å²) < 4.78 is 0. The Morgan fingerprint density at radius 3 is 2.21 bits per heavy atom. The Balaban J connectivity index is 2.12. The fourth-order valence-electron chi connectivity index (χ4n) is 7.22. The van der Waals surface area contributed by atoms with E-state index in [1.165, 1.54) is 38.5 Å². The molecule has 1 aromatic rings. The second-order valence-corrected chi connectivity index (χ2v) is 9.88. The van der Waals surface area contributed by atoms with Crippen LogP contribution in [-0.4, -0.2) is 0 Å². The summed E-state index contributed by atoms with van der Waals surface area (Å²) in [6.07, 6.45) is 8.31. The van der Waals surface area contributed by atoms with Gasteiger partial charge in [-0.1, -0.05) is 78.3 Å². The van der Waals surface area contributed by atoms with E-state index in [0.717, 1.165) is 17.8 Å². The van der Waals surface area contributed by atoms with E-state index in [2.05, 4.69) is 71.9 Å². The first-order valence-electron chi connectivity index (χ1n) is 10.4. The molecule has 5 atom stereocenters. The molecule has 1 aromatic carbocycles. The van der Waals surface area contributed by atoms with Crippen LogP contribution in [0.5, 0.6) is 0 Å². The summed E-state index contributed by atoms with van der Waals surface area (Å²) in [5.41, 5.74) is 3.02. The molecule has 134 valence electrons. The topological polar surface area (TPSA) is 0 Å². The fraction of sp³-hybridized carbons (Fsp3) is 0.750. The molecule has 0 N–H and O–H groups in total. The zero-order chi connectivity index (χ0) is 17.6. The standard InChI is InChI=1S/C24H38/c1-7-14-23(8-2)18(3)19(4)24(20-12-10-9-11-13-20)16-21(23)15-22(5,6)17-24/h9-13,18-19,21H,7-8,14-17H2,1-6H3. The lowest BCUT2D eigenvalue weighted by atomic mass is 9.39. The molecule has 0 saturated heterocycles. The van der Waals surface area contributed by atoms with Gasteiger partial charge >= 0.3 is 0 Å². The highest BCUT2D eigenvalue weighted by Gasteiger charge is 2.60. The maximum absolute atomic E-state index is 2.59. The van der Waals surface area contributed by atoms with Crippen LogP contribution in [0.25, 0.3) is 0 Å². The highest BCUT2D eigenvalue weighted by atomic mass is 14.6. The summed E-state index contributed by atoms with van der Waals surface area (Å²) in [6, 6.07) is 11.5. The smallest absolute Gasteiger partial charge is 0.00107 e. The number of fused-ring (bicyclic) bond motifs is 2. The van der Waals surface area contributed by atoms with E-state index < -0.39 is 0 Å². The van der Waals surface area contributed by atoms with Gasteiger partial charge in [-0.2, -0.15) is 0 Å². The lowest BCUT2D eigenvalue weighted by molar-refractivity contribution is -0.121. The Kier molecular flexibility index (Phi) is 4.65. The lowest BCUT2D eigenvalue weighted by Gasteiger charge is -2.65. The van der Waals surface area contributed by atoms with Gasteiger partial charge in [0.15, 0.2) is 0 Å². The number of rotatable bonds is 4. The zero-order valence-electron chi connectivity index (χ0n) is 16.9. The van der Waals surface area contributed by atoms with Crippen molar-refractivity contribution in [3.8, 4) is 0 Å². The van der Waals surface area contributed by atoms with Crippen molar-refractivity contribution in [1.29, 1.82) is 0 Å². The Morgan fingerprint density at radius 2 is 1.62 bits per heavy atom. The average Bonchev–Trinajstić information content (AvgIpc) is 2.56. The molecule has 0 aliphatic heterocycles. The van der Waals surface area contributed by atoms with E-state index >= 15 is 0 Å². The van der Waals surface area contributed by atoms with Crippen molar-refractivity contribution in [2.75, 3.05) is 0 Å². The molecule has 0 amide bonds. The van der Waals surface area contributed by atoms with Gasteiger partial charge in [0.25, 0.3) is 0 Å². The summed E-state index contributed by atoms with van der Waals surface area (Å²) in [6.45, 7) is 15.1. The molecular formula is C24H38. The Morgan fingerprint density at radius 1 is 0.958 bits per heavy atom. The van der Waals surface area contributed by atoms with Crippen LogP contribution < -0.4 is 0 Å². The Hall–Kier alpha value is -0.780. The zero-order valence-corrected chi connectivity index (χ0v) is 16.9. The minimum Gasteiger partial charge on any atom is -0.0654 e. The monoisotopic (exact) mass is 326 g/mol. The van der Waals surface area contributed by atoms with Gasteiger partial charge in [0, 0.05) is 0 Å². The quantitative estimate of drug-likeness (QED) is 0.547. The first-order chi connectivity index (χ1) is 11.3. The maximum Gasteiger partial charge on any atom is -0.00107 e. The van der Waals surface area contributed by atoms with Crippen LogP contribution in [0.3, 0.4) is 0 Å². The van der Waals surface area contributed by atoms with Gasteiger partial charge in [-0.05, 0) is 71.7 Å². The van der Waals surface area contributed by atoms with Crippen molar-refractivity contribution in [1.82, 2.24) is 0 Å². The van der Waals surface area contributed by atoms with E-state index in [9.17, 15) is 0 Å². The SMILES string of the molecule is CCCC1(CC)C2CC(C)(C)CC(c3ccccc3)(C2)C(C)C1C. The second kappa shape index (κ2) is 6.19. The summed E-state index contributed by atoms with van der Waals surface area (Å²) in [5.74, 6) is 2.47. The first kappa shape index (κ1) is 18.0. The molecule has 0 aromatic heterocycles. The molecule has 5 unspecified atom stereocenters. The molecule has 0 radical (unpaired) electrons. The predicted molar refractivity (Wildman–Crippen MR) is 105 cm³/mol. The van der Waals surface area contributed by atoms with Gasteiger partial charge in [0.1, 0.15) is 0 Å². The summed E-state index contributed by atoms with van der Waals surface area (Å²) in [5, 5.41) is 0. The van der Waals surface area contributed by atoms with Crippen LogP contribution in [0.4, 0.5) is 0 Å². The van der Waals surface area contributed by atoms with E-state index in [1.54, 1.807) is 5.56 Å². The van der Waals surface area contributed by atoms with Crippen LogP contribution in [0.2, 0.25) is 0 Å². The van der Waals surface area contributed by atoms with Gasteiger partial charge in [-0.15, -0.1) is 0 Å². The molecule has 2 aliphatic carbocycles. The van der Waals surface area contributed by atoms with Crippen molar-refractivity contribution in [3.05, 3.63) is 35.9 Å². The first-order valence-corrected chi connectivity index (χ1v) is 10.4. The van der Waals surface area contributed by atoms with Crippen LogP contribution in [0.1, 0.15) is 85.6 Å². The molecular weight excluding hydrogens is 288 g/mol. The van der Waals surface area contributed by atoms with Crippen LogP contribution >= 0.6 is 0 Å². The summed E-state index contributed by atoms with van der Waals surface area (Å²) in [7, 11) is 0. The molecule has 0 nitrogen and oxygen atoms in total. The second-order valence-electron chi connectivity index (χ2n) is 9.88. The molecule has 0 heterocycles. The molecule has 2 saturated carbocycles. The van der Waals surface area contributed by atoms with E-state index in [0.29, 0.717) is 16.2 Å². The normalized spacial score (nSPS) is 41.2. The van der Waals surface area contributed by atoms with Crippen molar-refractivity contribution in [2.45, 2.75) is 85.5 Å². The van der Waals surface area contributed by atoms with E-state index in [1.807, 2.05) is 0 Å². The fourth-order valence-corrected chi connectivity index (χ4v) is 7.22. The Bertz CT molecular complexity index is 557. The highest BCUT2D eigenvalue weighted by molar-refractivity contribution is 5.31. The van der Waals surface area contributed by atoms with E-state index in [4.69, 9.17) is 0 Å². The van der Waals surface area contributed by atoms with E-state index in [-0.39, 0.29) is 0 Å². The summed E-state index contributed by atoms with van der Waals surface area (Å²) in [4.78, 5) is 0. The van der Waals surface area contributed by atoms with Crippen LogP contribution in [0, 0.1) is 28.6 Å². The maximum atomic E-state index is 2.59. The van der Waals surface area contributed by atoms with Crippen molar-refractivity contribution in [2.24, 2.45) is 28.6 Å². The third-order valence-electron chi connectivity index (χ3n) is 8.27. The highest BCUT2D eigenvalue weighted by Crippen LogP contribution is 2.67. The van der Waals surface area contributed by atoms with Crippen LogP contribution in [-0.2, 0) is 5.41 Å². The van der Waals surface area contributed by atoms with Gasteiger partial charge in [-0.25, -0.2) is 0 Å². The molecule has 24 heavy (non-hydrogen) atoms. The number of hydrogen-bond acceptors (Lipinski definition) is 0. The molecule has 2 fully saturated rings. The largest absolute Gasteiger partial charge is 0.0654 e. The minimum absolute atomic E-state index is 0.388. The van der Waals surface area contributed by atoms with Gasteiger partial charge in [-0.3, -0.25) is 0 Å². The Labute approximate surface area is 150 Å². The minimum atomic E-state index is 0.388. The number of benzene rings is 1.